The number of benzene rings is 1. The minimum atomic E-state index is -0.462. The second kappa shape index (κ2) is 5.90. The highest BCUT2D eigenvalue weighted by Crippen LogP contribution is 2.23. The van der Waals surface area contributed by atoms with Crippen LogP contribution >= 0.6 is 12.2 Å². The summed E-state index contributed by atoms with van der Waals surface area (Å²) in [5, 5.41) is 17.4. The van der Waals surface area contributed by atoms with Crippen LogP contribution in [0.1, 0.15) is 6.42 Å². The minimum absolute atomic E-state index is 0.103. The van der Waals surface area contributed by atoms with Crippen LogP contribution < -0.4 is 10.9 Å². The van der Waals surface area contributed by atoms with Crippen molar-refractivity contribution < 1.29 is 4.79 Å². The lowest BCUT2D eigenvalue weighted by Crippen LogP contribution is -2.16. The molecule has 2 aromatic rings. The van der Waals surface area contributed by atoms with E-state index < -0.39 is 11.5 Å². The van der Waals surface area contributed by atoms with Crippen LogP contribution in [0.4, 0.5) is 5.69 Å². The molecule has 0 bridgehead atoms. The van der Waals surface area contributed by atoms with Crippen molar-refractivity contribution in [3.63, 3.8) is 0 Å². The van der Waals surface area contributed by atoms with Gasteiger partial charge < -0.3 is 5.32 Å². The zero-order chi connectivity index (χ0) is 14.5. The summed E-state index contributed by atoms with van der Waals surface area (Å²) in [4.78, 5) is 25.7. The number of nitriles is 1. The highest BCUT2D eigenvalue weighted by Gasteiger charge is 2.12. The van der Waals surface area contributed by atoms with Gasteiger partial charge >= 0.3 is 0 Å². The van der Waals surface area contributed by atoms with E-state index in [1.54, 1.807) is 30.3 Å². The Morgan fingerprint density at radius 1 is 1.45 bits per heavy atom. The Morgan fingerprint density at radius 2 is 2.20 bits per heavy atom. The molecular formula is C12H9N5O2S. The van der Waals surface area contributed by atoms with Crippen molar-refractivity contribution in [3.8, 4) is 17.3 Å². The van der Waals surface area contributed by atoms with E-state index in [4.69, 9.17) is 17.5 Å². The number of nitrogens with zero attached hydrogens (tertiary/aromatic N) is 2. The molecule has 0 aliphatic rings. The lowest BCUT2D eigenvalue weighted by atomic mass is 10.1. The van der Waals surface area contributed by atoms with E-state index in [1.165, 1.54) is 0 Å². The fraction of sp³-hybridized carbons (Fsp3) is 0.0833. The Labute approximate surface area is 118 Å². The maximum absolute atomic E-state index is 11.8. The summed E-state index contributed by atoms with van der Waals surface area (Å²) in [6.07, 6.45) is -0.269. The van der Waals surface area contributed by atoms with Gasteiger partial charge in [0.2, 0.25) is 5.91 Å². The summed E-state index contributed by atoms with van der Waals surface area (Å²) in [6, 6.07) is 8.41. The van der Waals surface area contributed by atoms with Crippen LogP contribution in [-0.4, -0.2) is 21.1 Å². The van der Waals surface area contributed by atoms with E-state index in [-0.39, 0.29) is 16.9 Å². The average molecular weight is 287 g/mol. The predicted octanol–water partition coefficient (Wildman–Crippen LogP) is 1.35. The van der Waals surface area contributed by atoms with Crippen molar-refractivity contribution >= 4 is 23.8 Å². The van der Waals surface area contributed by atoms with Crippen LogP contribution in [-0.2, 0) is 4.79 Å². The molecule has 100 valence electrons. The molecule has 0 saturated carbocycles. The SMILES string of the molecule is N#CCC(=O)Nc1ccccc1-c1n[nH]c(=S)[nH]c1=O. The zero-order valence-corrected chi connectivity index (χ0v) is 11.0. The quantitative estimate of drug-likeness (QED) is 0.737. The highest BCUT2D eigenvalue weighted by atomic mass is 32.1. The summed E-state index contributed by atoms with van der Waals surface area (Å²) in [5.41, 5.74) is 0.477. The van der Waals surface area contributed by atoms with E-state index in [0.717, 1.165) is 0 Å². The number of carbonyl (C=O) groups is 1. The molecule has 0 atom stereocenters. The Hall–Kier alpha value is -2.79. The van der Waals surface area contributed by atoms with Crippen molar-refractivity contribution in [2.24, 2.45) is 0 Å². The molecule has 2 rings (SSSR count). The molecule has 7 nitrogen and oxygen atoms in total. The van der Waals surface area contributed by atoms with Gasteiger partial charge in [0.1, 0.15) is 6.42 Å². The molecule has 3 N–H and O–H groups in total. The molecule has 0 fully saturated rings. The molecule has 0 radical (unpaired) electrons. The summed E-state index contributed by atoms with van der Waals surface area (Å²) in [5.74, 6) is -0.458. The third kappa shape index (κ3) is 2.96. The normalized spacial score (nSPS) is 9.75. The number of para-hydroxylation sites is 1. The lowest BCUT2D eigenvalue weighted by molar-refractivity contribution is -0.115. The summed E-state index contributed by atoms with van der Waals surface area (Å²) in [7, 11) is 0. The molecule has 0 unspecified atom stereocenters. The highest BCUT2D eigenvalue weighted by molar-refractivity contribution is 7.71. The van der Waals surface area contributed by atoms with E-state index in [9.17, 15) is 9.59 Å². The number of carbonyl (C=O) groups excluding carboxylic acids is 1. The Morgan fingerprint density at radius 3 is 2.90 bits per heavy atom. The summed E-state index contributed by atoms with van der Waals surface area (Å²) < 4.78 is 0.116. The van der Waals surface area contributed by atoms with Crippen LogP contribution in [0.15, 0.2) is 29.1 Å². The van der Waals surface area contributed by atoms with Gasteiger partial charge in [-0.1, -0.05) is 18.2 Å². The van der Waals surface area contributed by atoms with Gasteiger partial charge in [0.25, 0.3) is 5.56 Å². The molecule has 8 heteroatoms. The van der Waals surface area contributed by atoms with Gasteiger partial charge in [-0.25, -0.2) is 0 Å². The first-order valence-corrected chi connectivity index (χ1v) is 5.98. The monoisotopic (exact) mass is 287 g/mol. The van der Waals surface area contributed by atoms with E-state index >= 15 is 0 Å². The second-order valence-corrected chi connectivity index (χ2v) is 4.19. The molecule has 1 amide bonds. The van der Waals surface area contributed by atoms with Crippen molar-refractivity contribution in [3.05, 3.63) is 39.4 Å². The van der Waals surface area contributed by atoms with E-state index in [2.05, 4.69) is 20.5 Å². The third-order valence-electron chi connectivity index (χ3n) is 2.41. The van der Waals surface area contributed by atoms with Crippen LogP contribution in [0.25, 0.3) is 11.3 Å². The second-order valence-electron chi connectivity index (χ2n) is 3.78. The molecule has 1 aromatic carbocycles. The van der Waals surface area contributed by atoms with Crippen molar-refractivity contribution in [1.82, 2.24) is 15.2 Å². The van der Waals surface area contributed by atoms with Gasteiger partial charge in [-0.05, 0) is 18.3 Å². The van der Waals surface area contributed by atoms with Crippen molar-refractivity contribution in [1.29, 1.82) is 5.26 Å². The number of aromatic amines is 2. The molecule has 0 aliphatic carbocycles. The molecular weight excluding hydrogens is 278 g/mol. The van der Waals surface area contributed by atoms with Crippen LogP contribution in [0, 0.1) is 16.1 Å². The smallest absolute Gasteiger partial charge is 0.278 e. The molecule has 0 aliphatic heterocycles. The Bertz CT molecular complexity index is 802. The van der Waals surface area contributed by atoms with Crippen molar-refractivity contribution in [2.45, 2.75) is 6.42 Å². The van der Waals surface area contributed by atoms with E-state index in [1.807, 2.05) is 0 Å². The number of H-pyrrole nitrogens is 2. The number of hydrogen-bond donors (Lipinski definition) is 3. The van der Waals surface area contributed by atoms with Gasteiger partial charge in [-0.3, -0.25) is 19.7 Å². The summed E-state index contributed by atoms with van der Waals surface area (Å²) in [6.45, 7) is 0. The van der Waals surface area contributed by atoms with Crippen molar-refractivity contribution in [2.75, 3.05) is 5.32 Å². The number of anilines is 1. The van der Waals surface area contributed by atoms with Gasteiger partial charge in [0.05, 0.1) is 11.8 Å². The number of aromatic nitrogens is 3. The van der Waals surface area contributed by atoms with Gasteiger partial charge in [0.15, 0.2) is 10.5 Å². The topological polar surface area (TPSA) is 114 Å². The lowest BCUT2D eigenvalue weighted by Gasteiger charge is -2.08. The fourth-order valence-corrected chi connectivity index (χ4v) is 1.73. The minimum Gasteiger partial charge on any atom is -0.325 e. The first-order valence-electron chi connectivity index (χ1n) is 5.57. The largest absolute Gasteiger partial charge is 0.325 e. The number of nitrogens with one attached hydrogen (secondary N) is 3. The van der Waals surface area contributed by atoms with Gasteiger partial charge in [-0.2, -0.15) is 10.4 Å². The first kappa shape index (κ1) is 13.6. The Kier molecular flexibility index (Phi) is 4.02. The number of rotatable bonds is 3. The van der Waals surface area contributed by atoms with Gasteiger partial charge in [0, 0.05) is 5.56 Å². The maximum atomic E-state index is 11.8. The van der Waals surface area contributed by atoms with Crippen LogP contribution in [0.2, 0.25) is 0 Å². The van der Waals surface area contributed by atoms with Crippen LogP contribution in [0.5, 0.6) is 0 Å². The number of amides is 1. The third-order valence-corrected chi connectivity index (χ3v) is 2.60. The van der Waals surface area contributed by atoms with E-state index in [0.29, 0.717) is 11.3 Å². The first-order chi connectivity index (χ1) is 9.61. The Balaban J connectivity index is 2.47. The molecule has 1 aromatic heterocycles. The zero-order valence-electron chi connectivity index (χ0n) is 10.1. The molecule has 20 heavy (non-hydrogen) atoms. The predicted molar refractivity (Wildman–Crippen MR) is 74.3 cm³/mol. The number of hydrogen-bond acceptors (Lipinski definition) is 5. The molecule has 0 spiro atoms. The maximum Gasteiger partial charge on any atom is 0.278 e. The van der Waals surface area contributed by atoms with Gasteiger partial charge in [-0.15, -0.1) is 0 Å². The summed E-state index contributed by atoms with van der Waals surface area (Å²) >= 11 is 4.77. The molecule has 1 heterocycles. The molecule has 0 saturated heterocycles. The van der Waals surface area contributed by atoms with Crippen LogP contribution in [0.3, 0.4) is 0 Å². The average Bonchev–Trinajstić information content (AvgIpc) is 2.40. The standard InChI is InChI=1S/C12H9N5O2S/c13-6-5-9(18)14-8-4-2-1-3-7(8)10-11(19)15-12(20)17-16-10/h1-4H,5H2,(H,14,18)(H2,15,17,19,20). The fourth-order valence-electron chi connectivity index (χ4n) is 1.60.